The highest BCUT2D eigenvalue weighted by Gasteiger charge is 2.12. The molecule has 1 aromatic carbocycles. The highest BCUT2D eigenvalue weighted by molar-refractivity contribution is 6.31. The highest BCUT2D eigenvalue weighted by Crippen LogP contribution is 2.21. The Balaban J connectivity index is 2.02. The number of carbonyl (C=O) groups excluding carboxylic acids is 1. The smallest absolute Gasteiger partial charge is 0.337 e. The minimum atomic E-state index is -1.15. The average Bonchev–Trinajstić information content (AvgIpc) is 2.46. The SMILES string of the molecule is O=C(NCc1ccccn1)Nc1cc(Cl)ccc1C(=O)O. The Bertz CT molecular complexity index is 662. The van der Waals surface area contributed by atoms with Crippen molar-refractivity contribution in [3.63, 3.8) is 0 Å². The normalized spacial score (nSPS) is 9.95. The number of nitrogens with one attached hydrogen (secondary N) is 2. The van der Waals surface area contributed by atoms with E-state index in [4.69, 9.17) is 16.7 Å². The molecule has 1 heterocycles. The molecule has 7 heteroatoms. The molecular weight excluding hydrogens is 294 g/mol. The fourth-order valence-corrected chi connectivity index (χ4v) is 1.82. The molecule has 0 aliphatic rings. The Morgan fingerprint density at radius 3 is 2.71 bits per heavy atom. The molecule has 0 saturated carbocycles. The van der Waals surface area contributed by atoms with E-state index in [1.165, 1.54) is 18.2 Å². The van der Waals surface area contributed by atoms with E-state index in [1.807, 2.05) is 0 Å². The maximum atomic E-state index is 11.8. The van der Waals surface area contributed by atoms with Gasteiger partial charge in [0.15, 0.2) is 0 Å². The van der Waals surface area contributed by atoms with Gasteiger partial charge < -0.3 is 15.7 Å². The number of amides is 2. The molecule has 0 aliphatic carbocycles. The lowest BCUT2D eigenvalue weighted by molar-refractivity contribution is 0.0698. The molecular formula is C14H12ClN3O3. The summed E-state index contributed by atoms with van der Waals surface area (Å²) in [5.41, 5.74) is 0.790. The Hall–Kier alpha value is -2.60. The van der Waals surface area contributed by atoms with E-state index in [2.05, 4.69) is 15.6 Å². The van der Waals surface area contributed by atoms with Crippen molar-refractivity contribution in [1.29, 1.82) is 0 Å². The third kappa shape index (κ3) is 4.19. The zero-order chi connectivity index (χ0) is 15.2. The monoisotopic (exact) mass is 305 g/mol. The molecule has 2 rings (SSSR count). The van der Waals surface area contributed by atoms with Crippen LogP contribution in [0, 0.1) is 0 Å². The van der Waals surface area contributed by atoms with E-state index < -0.39 is 12.0 Å². The molecule has 0 fully saturated rings. The summed E-state index contributed by atoms with van der Waals surface area (Å²) >= 11 is 5.80. The van der Waals surface area contributed by atoms with Crippen LogP contribution in [0.25, 0.3) is 0 Å². The highest BCUT2D eigenvalue weighted by atomic mass is 35.5. The largest absolute Gasteiger partial charge is 0.478 e. The molecule has 108 valence electrons. The molecule has 1 aromatic heterocycles. The van der Waals surface area contributed by atoms with Gasteiger partial charge in [0.1, 0.15) is 0 Å². The van der Waals surface area contributed by atoms with Crippen molar-refractivity contribution in [2.24, 2.45) is 0 Å². The van der Waals surface area contributed by atoms with Crippen molar-refractivity contribution in [3.05, 3.63) is 58.9 Å². The number of benzene rings is 1. The zero-order valence-electron chi connectivity index (χ0n) is 10.8. The van der Waals surface area contributed by atoms with Gasteiger partial charge in [0.25, 0.3) is 0 Å². The van der Waals surface area contributed by atoms with Crippen LogP contribution in [0.5, 0.6) is 0 Å². The third-order valence-corrected chi connectivity index (χ3v) is 2.85. The number of hydrogen-bond acceptors (Lipinski definition) is 3. The number of carbonyl (C=O) groups is 2. The van der Waals surface area contributed by atoms with E-state index in [1.54, 1.807) is 24.4 Å². The second kappa shape index (κ2) is 6.71. The van der Waals surface area contributed by atoms with E-state index >= 15 is 0 Å². The summed E-state index contributed by atoms with van der Waals surface area (Å²) in [4.78, 5) is 26.9. The Morgan fingerprint density at radius 1 is 1.24 bits per heavy atom. The van der Waals surface area contributed by atoms with Crippen LogP contribution in [0.2, 0.25) is 5.02 Å². The molecule has 0 atom stereocenters. The number of hydrogen-bond donors (Lipinski definition) is 3. The number of aromatic nitrogens is 1. The van der Waals surface area contributed by atoms with Gasteiger partial charge >= 0.3 is 12.0 Å². The quantitative estimate of drug-likeness (QED) is 0.810. The van der Waals surface area contributed by atoms with Gasteiger partial charge in [-0.25, -0.2) is 9.59 Å². The van der Waals surface area contributed by atoms with E-state index in [9.17, 15) is 9.59 Å². The van der Waals surface area contributed by atoms with Crippen LogP contribution in [-0.2, 0) is 6.54 Å². The molecule has 0 spiro atoms. The number of anilines is 1. The van der Waals surface area contributed by atoms with E-state index in [0.717, 1.165) is 0 Å². The first kappa shape index (κ1) is 14.8. The van der Waals surface area contributed by atoms with Gasteiger partial charge in [-0.15, -0.1) is 0 Å². The van der Waals surface area contributed by atoms with Crippen molar-refractivity contribution in [3.8, 4) is 0 Å². The number of rotatable bonds is 4. The summed E-state index contributed by atoms with van der Waals surface area (Å²) < 4.78 is 0. The minimum Gasteiger partial charge on any atom is -0.478 e. The molecule has 0 aliphatic heterocycles. The second-order valence-electron chi connectivity index (χ2n) is 4.12. The Kier molecular flexibility index (Phi) is 4.73. The Morgan fingerprint density at radius 2 is 2.05 bits per heavy atom. The van der Waals surface area contributed by atoms with Gasteiger partial charge in [0.2, 0.25) is 0 Å². The maximum Gasteiger partial charge on any atom is 0.337 e. The van der Waals surface area contributed by atoms with Gasteiger partial charge in [-0.05, 0) is 30.3 Å². The standard InChI is InChI=1S/C14H12ClN3O3/c15-9-4-5-11(13(19)20)12(7-9)18-14(21)17-8-10-3-1-2-6-16-10/h1-7H,8H2,(H,19,20)(H2,17,18,21). The average molecular weight is 306 g/mol. The first-order valence-corrected chi connectivity index (χ1v) is 6.41. The van der Waals surface area contributed by atoms with Crippen LogP contribution < -0.4 is 10.6 Å². The van der Waals surface area contributed by atoms with Gasteiger partial charge in [-0.3, -0.25) is 4.98 Å². The van der Waals surface area contributed by atoms with Gasteiger partial charge in [0, 0.05) is 11.2 Å². The third-order valence-electron chi connectivity index (χ3n) is 2.62. The number of aromatic carboxylic acids is 1. The number of nitrogens with zero attached hydrogens (tertiary/aromatic N) is 1. The topological polar surface area (TPSA) is 91.3 Å². The summed E-state index contributed by atoms with van der Waals surface area (Å²) in [5, 5.41) is 14.4. The van der Waals surface area contributed by atoms with Crippen LogP contribution in [0.3, 0.4) is 0 Å². The van der Waals surface area contributed by atoms with Crippen LogP contribution in [0.4, 0.5) is 10.5 Å². The number of urea groups is 1. The van der Waals surface area contributed by atoms with E-state index in [-0.39, 0.29) is 17.8 Å². The first-order valence-electron chi connectivity index (χ1n) is 6.04. The summed E-state index contributed by atoms with van der Waals surface area (Å²) in [5.74, 6) is -1.15. The molecule has 0 radical (unpaired) electrons. The minimum absolute atomic E-state index is 0.0348. The van der Waals surface area contributed by atoms with E-state index in [0.29, 0.717) is 10.7 Å². The fraction of sp³-hybridized carbons (Fsp3) is 0.0714. The zero-order valence-corrected chi connectivity index (χ0v) is 11.6. The molecule has 0 saturated heterocycles. The van der Waals surface area contributed by atoms with Crippen LogP contribution >= 0.6 is 11.6 Å². The molecule has 2 aromatic rings. The summed E-state index contributed by atoms with van der Waals surface area (Å²) in [6.45, 7) is 0.232. The second-order valence-corrected chi connectivity index (χ2v) is 4.56. The summed E-state index contributed by atoms with van der Waals surface area (Å²) in [6, 6.07) is 8.97. The maximum absolute atomic E-state index is 11.8. The van der Waals surface area contributed by atoms with Crippen LogP contribution in [0.15, 0.2) is 42.6 Å². The lowest BCUT2D eigenvalue weighted by atomic mass is 10.2. The molecule has 6 nitrogen and oxygen atoms in total. The summed E-state index contributed by atoms with van der Waals surface area (Å²) in [6.07, 6.45) is 1.62. The molecule has 21 heavy (non-hydrogen) atoms. The van der Waals surface area contributed by atoms with Crippen LogP contribution in [-0.4, -0.2) is 22.1 Å². The predicted molar refractivity (Wildman–Crippen MR) is 78.5 cm³/mol. The van der Waals surface area contributed by atoms with Crippen molar-refractivity contribution in [2.45, 2.75) is 6.54 Å². The summed E-state index contributed by atoms with van der Waals surface area (Å²) in [7, 11) is 0. The lowest BCUT2D eigenvalue weighted by Crippen LogP contribution is -2.29. The fourth-order valence-electron chi connectivity index (χ4n) is 1.65. The van der Waals surface area contributed by atoms with Gasteiger partial charge in [0.05, 0.1) is 23.5 Å². The van der Waals surface area contributed by atoms with Gasteiger partial charge in [-0.2, -0.15) is 0 Å². The van der Waals surface area contributed by atoms with Crippen molar-refractivity contribution < 1.29 is 14.7 Å². The number of carboxylic acid groups (broad SMARTS) is 1. The van der Waals surface area contributed by atoms with Crippen molar-refractivity contribution in [2.75, 3.05) is 5.32 Å². The predicted octanol–water partition coefficient (Wildman–Crippen LogP) is 2.75. The first-order chi connectivity index (χ1) is 10.1. The van der Waals surface area contributed by atoms with Crippen molar-refractivity contribution >= 4 is 29.3 Å². The lowest BCUT2D eigenvalue weighted by Gasteiger charge is -2.10. The molecule has 2 amide bonds. The molecule has 0 unspecified atom stereocenters. The molecule has 0 bridgehead atoms. The number of halogens is 1. The van der Waals surface area contributed by atoms with Gasteiger partial charge in [-0.1, -0.05) is 17.7 Å². The Labute approximate surface area is 125 Å². The molecule has 3 N–H and O–H groups in total. The number of pyridine rings is 1. The number of carboxylic acids is 1. The van der Waals surface area contributed by atoms with Crippen LogP contribution in [0.1, 0.15) is 16.1 Å². The van der Waals surface area contributed by atoms with Crippen molar-refractivity contribution in [1.82, 2.24) is 10.3 Å².